The highest BCUT2D eigenvalue weighted by Gasteiger charge is 2.07. The van der Waals surface area contributed by atoms with E-state index in [1.54, 1.807) is 31.4 Å². The first-order chi connectivity index (χ1) is 13.1. The summed E-state index contributed by atoms with van der Waals surface area (Å²) in [6, 6.07) is 14.4. The maximum atomic E-state index is 12.0. The highest BCUT2D eigenvalue weighted by Crippen LogP contribution is 2.14. The van der Waals surface area contributed by atoms with Gasteiger partial charge in [-0.1, -0.05) is 19.1 Å². The smallest absolute Gasteiger partial charge is 0.262 e. The van der Waals surface area contributed by atoms with Crippen LogP contribution in [0.15, 0.2) is 48.5 Å². The van der Waals surface area contributed by atoms with Gasteiger partial charge >= 0.3 is 0 Å². The van der Waals surface area contributed by atoms with Gasteiger partial charge in [-0.2, -0.15) is 0 Å². The van der Waals surface area contributed by atoms with Crippen molar-refractivity contribution in [1.29, 1.82) is 0 Å². The van der Waals surface area contributed by atoms with Gasteiger partial charge in [0.25, 0.3) is 11.8 Å². The molecule has 2 N–H and O–H groups in total. The van der Waals surface area contributed by atoms with Crippen LogP contribution in [0.1, 0.15) is 29.3 Å². The fourth-order valence-corrected chi connectivity index (χ4v) is 2.43. The minimum absolute atomic E-state index is 0.0745. The number of anilines is 1. The van der Waals surface area contributed by atoms with Gasteiger partial charge in [0, 0.05) is 31.5 Å². The number of carbonyl (C=O) groups excluding carboxylic acids is 2. The van der Waals surface area contributed by atoms with Crippen LogP contribution in [0.5, 0.6) is 5.75 Å². The summed E-state index contributed by atoms with van der Waals surface area (Å²) < 4.78 is 10.5. The molecule has 6 heteroatoms. The molecule has 0 unspecified atom stereocenters. The molecule has 0 saturated heterocycles. The van der Waals surface area contributed by atoms with Crippen LogP contribution in [0.2, 0.25) is 0 Å². The lowest BCUT2D eigenvalue weighted by molar-refractivity contribution is -0.118. The maximum absolute atomic E-state index is 12.0. The maximum Gasteiger partial charge on any atom is 0.262 e. The molecular formula is C21H26N2O4. The van der Waals surface area contributed by atoms with Crippen LogP contribution in [0, 0.1) is 0 Å². The SMILES string of the molecule is CCc1cccc(OCC(=O)Nc2ccc(C(=O)NCCCOC)cc2)c1. The lowest BCUT2D eigenvalue weighted by Gasteiger charge is -2.09. The highest BCUT2D eigenvalue weighted by atomic mass is 16.5. The van der Waals surface area contributed by atoms with Crippen LogP contribution in [0.4, 0.5) is 5.69 Å². The number of amides is 2. The number of aryl methyl sites for hydroxylation is 1. The summed E-state index contributed by atoms with van der Waals surface area (Å²) in [6.45, 7) is 3.15. The average molecular weight is 370 g/mol. The molecule has 0 fully saturated rings. The molecule has 0 aliphatic rings. The number of nitrogens with one attached hydrogen (secondary N) is 2. The minimum atomic E-state index is -0.256. The van der Waals surface area contributed by atoms with Gasteiger partial charge in [0.2, 0.25) is 0 Å². The molecule has 0 radical (unpaired) electrons. The van der Waals surface area contributed by atoms with Crippen LogP contribution < -0.4 is 15.4 Å². The number of carbonyl (C=O) groups is 2. The third kappa shape index (κ3) is 7.11. The van der Waals surface area contributed by atoms with Gasteiger partial charge in [-0.25, -0.2) is 0 Å². The van der Waals surface area contributed by atoms with E-state index in [1.807, 2.05) is 24.3 Å². The minimum Gasteiger partial charge on any atom is -0.484 e. The monoisotopic (exact) mass is 370 g/mol. The Morgan fingerprint density at radius 1 is 1.07 bits per heavy atom. The van der Waals surface area contributed by atoms with Crippen molar-refractivity contribution in [3.8, 4) is 5.75 Å². The Morgan fingerprint density at radius 2 is 1.85 bits per heavy atom. The van der Waals surface area contributed by atoms with Crippen molar-refractivity contribution in [2.45, 2.75) is 19.8 Å². The average Bonchev–Trinajstić information content (AvgIpc) is 2.70. The second-order valence-corrected chi connectivity index (χ2v) is 6.02. The number of hydrogen-bond donors (Lipinski definition) is 2. The molecule has 2 aromatic carbocycles. The first-order valence-corrected chi connectivity index (χ1v) is 9.01. The van der Waals surface area contributed by atoms with E-state index >= 15 is 0 Å². The van der Waals surface area contributed by atoms with Crippen molar-refractivity contribution < 1.29 is 19.1 Å². The van der Waals surface area contributed by atoms with Crippen molar-refractivity contribution in [1.82, 2.24) is 5.32 Å². The van der Waals surface area contributed by atoms with E-state index in [-0.39, 0.29) is 18.4 Å². The van der Waals surface area contributed by atoms with Gasteiger partial charge in [0.15, 0.2) is 6.61 Å². The molecule has 0 aliphatic carbocycles. The molecular weight excluding hydrogens is 344 g/mol. The Morgan fingerprint density at radius 3 is 2.56 bits per heavy atom. The molecule has 0 saturated carbocycles. The first-order valence-electron chi connectivity index (χ1n) is 9.01. The van der Waals surface area contributed by atoms with Crippen LogP contribution in [0.25, 0.3) is 0 Å². The number of ether oxygens (including phenoxy) is 2. The molecule has 2 rings (SSSR count). The van der Waals surface area contributed by atoms with E-state index in [4.69, 9.17) is 9.47 Å². The quantitative estimate of drug-likeness (QED) is 0.630. The summed E-state index contributed by atoms with van der Waals surface area (Å²) in [5.41, 5.74) is 2.31. The molecule has 0 bridgehead atoms. The Labute approximate surface area is 159 Å². The number of hydrogen-bond acceptors (Lipinski definition) is 4. The normalized spacial score (nSPS) is 10.3. The third-order valence-corrected chi connectivity index (χ3v) is 3.92. The Balaban J connectivity index is 1.79. The summed E-state index contributed by atoms with van der Waals surface area (Å²) in [4.78, 5) is 24.0. The van der Waals surface area contributed by atoms with E-state index < -0.39 is 0 Å². The zero-order valence-electron chi connectivity index (χ0n) is 15.8. The highest BCUT2D eigenvalue weighted by molar-refractivity contribution is 5.96. The van der Waals surface area contributed by atoms with Crippen LogP contribution in [-0.2, 0) is 16.0 Å². The predicted octanol–water partition coefficient (Wildman–Crippen LogP) is 3.03. The van der Waals surface area contributed by atoms with E-state index in [0.717, 1.165) is 18.4 Å². The summed E-state index contributed by atoms with van der Waals surface area (Å²) in [7, 11) is 1.63. The molecule has 0 heterocycles. The molecule has 6 nitrogen and oxygen atoms in total. The van der Waals surface area contributed by atoms with Gasteiger partial charge in [-0.05, 0) is 54.8 Å². The zero-order valence-corrected chi connectivity index (χ0v) is 15.8. The Hall–Kier alpha value is -2.86. The van der Waals surface area contributed by atoms with Crippen molar-refractivity contribution >= 4 is 17.5 Å². The van der Waals surface area contributed by atoms with E-state index in [2.05, 4.69) is 17.6 Å². The predicted molar refractivity (Wildman–Crippen MR) is 105 cm³/mol. The second-order valence-electron chi connectivity index (χ2n) is 6.02. The van der Waals surface area contributed by atoms with Gasteiger partial charge in [-0.3, -0.25) is 9.59 Å². The van der Waals surface area contributed by atoms with Gasteiger partial charge in [0.1, 0.15) is 5.75 Å². The number of rotatable bonds is 10. The largest absolute Gasteiger partial charge is 0.484 e. The van der Waals surface area contributed by atoms with Crippen LogP contribution >= 0.6 is 0 Å². The van der Waals surface area contributed by atoms with Gasteiger partial charge in [-0.15, -0.1) is 0 Å². The second kappa shape index (κ2) is 11.0. The fourth-order valence-electron chi connectivity index (χ4n) is 2.43. The standard InChI is InChI=1S/C21H26N2O4/c1-3-16-6-4-7-19(14-16)27-15-20(24)23-18-10-8-17(9-11-18)21(25)22-12-5-13-26-2/h4,6-11,14H,3,5,12-13,15H2,1-2H3,(H,22,25)(H,23,24). The molecule has 27 heavy (non-hydrogen) atoms. The topological polar surface area (TPSA) is 76.7 Å². The van der Waals surface area contributed by atoms with Crippen LogP contribution in [-0.4, -0.2) is 38.7 Å². The van der Waals surface area contributed by atoms with Gasteiger partial charge < -0.3 is 20.1 Å². The lowest BCUT2D eigenvalue weighted by atomic mass is 10.2. The van der Waals surface area contributed by atoms with Gasteiger partial charge in [0.05, 0.1) is 0 Å². The van der Waals surface area contributed by atoms with E-state index in [1.165, 1.54) is 0 Å². The van der Waals surface area contributed by atoms with Crippen molar-refractivity contribution in [2.75, 3.05) is 32.2 Å². The molecule has 2 amide bonds. The summed E-state index contributed by atoms with van der Waals surface area (Å²) >= 11 is 0. The van der Waals surface area contributed by atoms with Crippen molar-refractivity contribution in [3.05, 3.63) is 59.7 Å². The lowest BCUT2D eigenvalue weighted by Crippen LogP contribution is -2.25. The van der Waals surface area contributed by atoms with E-state index in [9.17, 15) is 9.59 Å². The molecule has 0 aliphatic heterocycles. The number of methoxy groups -OCH3 is 1. The zero-order chi connectivity index (χ0) is 19.5. The summed E-state index contributed by atoms with van der Waals surface area (Å²) in [5, 5.41) is 5.57. The van der Waals surface area contributed by atoms with Crippen molar-refractivity contribution in [2.24, 2.45) is 0 Å². The molecule has 144 valence electrons. The summed E-state index contributed by atoms with van der Waals surface area (Å²) in [6.07, 6.45) is 1.67. The molecule has 0 atom stereocenters. The van der Waals surface area contributed by atoms with E-state index in [0.29, 0.717) is 30.2 Å². The molecule has 2 aromatic rings. The van der Waals surface area contributed by atoms with Crippen molar-refractivity contribution in [3.63, 3.8) is 0 Å². The molecule has 0 aromatic heterocycles. The number of benzene rings is 2. The Bertz CT molecular complexity index is 744. The first kappa shape index (κ1) is 20.5. The fraction of sp³-hybridized carbons (Fsp3) is 0.333. The van der Waals surface area contributed by atoms with Crippen LogP contribution in [0.3, 0.4) is 0 Å². The third-order valence-electron chi connectivity index (χ3n) is 3.92. The molecule has 0 spiro atoms. The summed E-state index contributed by atoms with van der Waals surface area (Å²) in [5.74, 6) is 0.266. The Kier molecular flexibility index (Phi) is 8.32.